The molecule has 0 bridgehead atoms. The van der Waals surface area contributed by atoms with Crippen molar-refractivity contribution >= 4 is 17.7 Å². The predicted molar refractivity (Wildman–Crippen MR) is 108 cm³/mol. The Hall–Kier alpha value is -2.01. The highest BCUT2D eigenvalue weighted by Gasteiger charge is 2.19. The van der Waals surface area contributed by atoms with Crippen LogP contribution in [-0.4, -0.2) is 4.92 Å². The molecule has 0 aliphatic rings. The van der Waals surface area contributed by atoms with Crippen molar-refractivity contribution in [2.75, 3.05) is 0 Å². The zero-order valence-corrected chi connectivity index (χ0v) is 16.4. The second-order valence-electron chi connectivity index (χ2n) is 6.52. The van der Waals surface area contributed by atoms with E-state index in [0.29, 0.717) is 5.75 Å². The molecule has 0 atom stereocenters. The van der Waals surface area contributed by atoms with Gasteiger partial charge in [0.1, 0.15) is 0 Å². The van der Waals surface area contributed by atoms with E-state index in [1.165, 1.54) is 49.4 Å². The third kappa shape index (κ3) is 6.37. The highest BCUT2D eigenvalue weighted by Crippen LogP contribution is 2.36. The molecular formula is C21H27NO3S. The lowest BCUT2D eigenvalue weighted by Gasteiger charge is -2.10. The number of rotatable bonds is 11. The van der Waals surface area contributed by atoms with Gasteiger partial charge in [0.05, 0.1) is 17.0 Å². The van der Waals surface area contributed by atoms with Gasteiger partial charge < -0.3 is 4.18 Å². The van der Waals surface area contributed by atoms with Crippen LogP contribution >= 0.6 is 12.0 Å². The van der Waals surface area contributed by atoms with E-state index in [4.69, 9.17) is 4.18 Å². The van der Waals surface area contributed by atoms with Crippen molar-refractivity contribution in [3.8, 4) is 5.75 Å². The fourth-order valence-corrected chi connectivity index (χ4v) is 3.41. The van der Waals surface area contributed by atoms with Crippen molar-refractivity contribution < 1.29 is 9.11 Å². The molecule has 5 heteroatoms. The fourth-order valence-electron chi connectivity index (χ4n) is 2.79. The van der Waals surface area contributed by atoms with E-state index in [1.54, 1.807) is 6.07 Å². The summed E-state index contributed by atoms with van der Waals surface area (Å²) < 4.78 is 5.83. The summed E-state index contributed by atoms with van der Waals surface area (Å²) in [5.74, 6) is 0.386. The number of unbranched alkanes of at least 4 members (excludes halogenated alkanes) is 5. The van der Waals surface area contributed by atoms with Crippen LogP contribution in [0.25, 0.3) is 0 Å². The average Bonchev–Trinajstić information content (AvgIpc) is 2.64. The van der Waals surface area contributed by atoms with Crippen LogP contribution in [-0.2, 0) is 6.42 Å². The van der Waals surface area contributed by atoms with Gasteiger partial charge in [-0.1, -0.05) is 68.9 Å². The summed E-state index contributed by atoms with van der Waals surface area (Å²) in [7, 11) is 0. The van der Waals surface area contributed by atoms with E-state index >= 15 is 0 Å². The predicted octanol–water partition coefficient (Wildman–Crippen LogP) is 6.89. The van der Waals surface area contributed by atoms with Crippen LogP contribution in [0.1, 0.15) is 56.6 Å². The van der Waals surface area contributed by atoms with Crippen LogP contribution in [0.5, 0.6) is 5.75 Å². The minimum Gasteiger partial charge on any atom is -0.413 e. The highest BCUT2D eigenvalue weighted by atomic mass is 32.2. The molecule has 0 saturated carbocycles. The fraction of sp³-hybridized carbons (Fsp3) is 0.429. The topological polar surface area (TPSA) is 52.4 Å². The van der Waals surface area contributed by atoms with Gasteiger partial charge in [0.15, 0.2) is 0 Å². The van der Waals surface area contributed by atoms with Crippen LogP contribution in [0.15, 0.2) is 47.4 Å². The van der Waals surface area contributed by atoms with Crippen molar-refractivity contribution in [3.63, 3.8) is 0 Å². The number of nitrogens with zero attached hydrogens (tertiary/aromatic N) is 1. The summed E-state index contributed by atoms with van der Waals surface area (Å²) in [6, 6.07) is 13.1. The first-order chi connectivity index (χ1) is 12.6. The van der Waals surface area contributed by atoms with E-state index in [-0.39, 0.29) is 10.6 Å². The van der Waals surface area contributed by atoms with E-state index in [0.717, 1.165) is 29.7 Å². The van der Waals surface area contributed by atoms with Gasteiger partial charge in [-0.3, -0.25) is 10.1 Å². The molecule has 2 aromatic rings. The Balaban J connectivity index is 2.03. The van der Waals surface area contributed by atoms with Crippen LogP contribution in [0, 0.1) is 17.0 Å². The van der Waals surface area contributed by atoms with Gasteiger partial charge in [-0.25, -0.2) is 0 Å². The van der Waals surface area contributed by atoms with Crippen molar-refractivity contribution in [3.05, 3.63) is 63.7 Å². The largest absolute Gasteiger partial charge is 0.413 e. The maximum absolute atomic E-state index is 11.4. The van der Waals surface area contributed by atoms with Gasteiger partial charge >= 0.3 is 5.69 Å². The molecule has 2 aromatic carbocycles. The summed E-state index contributed by atoms with van der Waals surface area (Å²) in [5.41, 5.74) is 2.12. The minimum absolute atomic E-state index is 0.0353. The zero-order valence-electron chi connectivity index (χ0n) is 15.6. The third-order valence-corrected chi connectivity index (χ3v) is 5.03. The van der Waals surface area contributed by atoms with E-state index in [2.05, 4.69) is 6.92 Å². The number of nitro groups is 1. The molecule has 0 radical (unpaired) electrons. The maximum Gasteiger partial charge on any atom is 0.312 e. The highest BCUT2D eigenvalue weighted by molar-refractivity contribution is 7.95. The number of para-hydroxylation sites is 1. The quantitative estimate of drug-likeness (QED) is 0.186. The molecule has 4 nitrogen and oxygen atoms in total. The Morgan fingerprint density at radius 1 is 1.00 bits per heavy atom. The maximum atomic E-state index is 11.4. The number of nitro benzene ring substituents is 1. The second-order valence-corrected chi connectivity index (χ2v) is 7.32. The van der Waals surface area contributed by atoms with E-state index < -0.39 is 0 Å². The number of hydrogen-bond acceptors (Lipinski definition) is 4. The molecule has 140 valence electrons. The third-order valence-electron chi connectivity index (χ3n) is 4.31. The Kier molecular flexibility index (Phi) is 8.48. The van der Waals surface area contributed by atoms with Crippen molar-refractivity contribution in [1.82, 2.24) is 0 Å². The monoisotopic (exact) mass is 373 g/mol. The Morgan fingerprint density at radius 3 is 2.38 bits per heavy atom. The molecule has 0 fully saturated rings. The van der Waals surface area contributed by atoms with Crippen LogP contribution in [0.4, 0.5) is 5.69 Å². The molecule has 26 heavy (non-hydrogen) atoms. The molecular weight excluding hydrogens is 346 g/mol. The molecule has 0 amide bonds. The average molecular weight is 374 g/mol. The smallest absolute Gasteiger partial charge is 0.312 e. The molecule has 0 unspecified atom stereocenters. The number of hydrogen-bond donors (Lipinski definition) is 0. The van der Waals surface area contributed by atoms with Gasteiger partial charge in [-0.15, -0.1) is 0 Å². The molecule has 0 heterocycles. The van der Waals surface area contributed by atoms with Gasteiger partial charge in [0.25, 0.3) is 0 Å². The first-order valence-electron chi connectivity index (χ1n) is 9.29. The normalized spacial score (nSPS) is 10.7. The molecule has 0 saturated heterocycles. The van der Waals surface area contributed by atoms with Crippen molar-refractivity contribution in [1.29, 1.82) is 0 Å². The van der Waals surface area contributed by atoms with Gasteiger partial charge in [0, 0.05) is 16.5 Å². The van der Waals surface area contributed by atoms with E-state index in [9.17, 15) is 10.1 Å². The molecule has 0 spiro atoms. The van der Waals surface area contributed by atoms with Crippen LogP contribution in [0.3, 0.4) is 0 Å². The Labute approximate surface area is 160 Å². The number of benzene rings is 2. The summed E-state index contributed by atoms with van der Waals surface area (Å²) in [6.07, 6.45) is 7.97. The van der Waals surface area contributed by atoms with Crippen LogP contribution < -0.4 is 4.18 Å². The molecule has 2 rings (SSSR count). The number of aryl methyl sites for hydroxylation is 2. The SMILES string of the molecule is CCCCCCCCc1cccc([N+](=O)[O-])c1OSc1ccc(C)cc1. The molecule has 0 aliphatic carbocycles. The van der Waals surface area contributed by atoms with Gasteiger partial charge in [0.2, 0.25) is 5.75 Å². The van der Waals surface area contributed by atoms with Crippen molar-refractivity contribution in [2.24, 2.45) is 0 Å². The lowest BCUT2D eigenvalue weighted by atomic mass is 10.0. The summed E-state index contributed by atoms with van der Waals surface area (Å²) in [5, 5.41) is 11.4. The van der Waals surface area contributed by atoms with Crippen molar-refractivity contribution in [2.45, 2.75) is 63.7 Å². The molecule has 0 aliphatic heterocycles. The van der Waals surface area contributed by atoms with E-state index in [1.807, 2.05) is 37.3 Å². The minimum atomic E-state index is -0.365. The Morgan fingerprint density at radius 2 is 1.69 bits per heavy atom. The molecule has 0 N–H and O–H groups in total. The Bertz CT molecular complexity index is 701. The summed E-state index contributed by atoms with van der Waals surface area (Å²) in [4.78, 5) is 12.0. The molecule has 0 aromatic heterocycles. The zero-order chi connectivity index (χ0) is 18.8. The standard InChI is InChI=1S/C21H27NO3S/c1-3-4-5-6-7-8-10-18-11-9-12-20(22(23)24)21(18)25-26-19-15-13-17(2)14-16-19/h9,11-16H,3-8,10H2,1-2H3. The second kappa shape index (κ2) is 10.9. The first kappa shape index (κ1) is 20.3. The summed E-state index contributed by atoms with van der Waals surface area (Å²) in [6.45, 7) is 4.23. The van der Waals surface area contributed by atoms with Crippen LogP contribution in [0.2, 0.25) is 0 Å². The van der Waals surface area contributed by atoms with Gasteiger partial charge in [-0.05, 0) is 31.9 Å². The first-order valence-corrected chi connectivity index (χ1v) is 10.0. The van der Waals surface area contributed by atoms with Gasteiger partial charge in [-0.2, -0.15) is 0 Å². The summed E-state index contributed by atoms with van der Waals surface area (Å²) >= 11 is 1.17. The lowest BCUT2D eigenvalue weighted by molar-refractivity contribution is -0.385. The lowest BCUT2D eigenvalue weighted by Crippen LogP contribution is -1.98.